The summed E-state index contributed by atoms with van der Waals surface area (Å²) in [5, 5.41) is 5.53. The lowest BCUT2D eigenvalue weighted by molar-refractivity contribution is 0.553. The fourth-order valence-electron chi connectivity index (χ4n) is 2.34. The maximum atomic E-state index is 11.2. The van der Waals surface area contributed by atoms with Gasteiger partial charge in [0.05, 0.1) is 22.9 Å². The smallest absolute Gasteiger partial charge is 0.408 e. The molecule has 3 aromatic rings. The van der Waals surface area contributed by atoms with Crippen LogP contribution < -0.4 is 16.8 Å². The molecule has 110 valence electrons. The molecule has 5 nitrogen and oxygen atoms in total. The number of nitrogens with two attached hydrogens (primary N) is 1. The van der Waals surface area contributed by atoms with Crippen molar-refractivity contribution in [1.29, 1.82) is 0 Å². The fraction of sp³-hybridized carbons (Fsp3) is 0.267. The molecule has 0 fully saturated rings. The number of benzene rings is 1. The summed E-state index contributed by atoms with van der Waals surface area (Å²) in [6.07, 6.45) is 0. The van der Waals surface area contributed by atoms with Crippen LogP contribution in [0, 0.1) is 5.92 Å². The van der Waals surface area contributed by atoms with Gasteiger partial charge < -0.3 is 15.5 Å². The van der Waals surface area contributed by atoms with Gasteiger partial charge in [-0.15, -0.1) is 11.3 Å². The molecule has 0 aliphatic rings. The number of nitrogen functional groups attached to an aromatic ring is 1. The van der Waals surface area contributed by atoms with Gasteiger partial charge in [0.25, 0.3) is 0 Å². The first kappa shape index (κ1) is 13.8. The second-order valence-corrected chi connectivity index (χ2v) is 6.31. The van der Waals surface area contributed by atoms with Crippen LogP contribution in [0.3, 0.4) is 0 Å². The Labute approximate surface area is 125 Å². The second-order valence-electron chi connectivity index (χ2n) is 5.33. The molecule has 1 unspecified atom stereocenters. The molecule has 1 aromatic carbocycles. The zero-order valence-corrected chi connectivity index (χ0v) is 12.7. The highest BCUT2D eigenvalue weighted by Gasteiger charge is 2.18. The van der Waals surface area contributed by atoms with Crippen LogP contribution in [-0.2, 0) is 0 Å². The molecule has 0 spiro atoms. The zero-order valence-electron chi connectivity index (χ0n) is 11.8. The first-order valence-corrected chi connectivity index (χ1v) is 7.65. The van der Waals surface area contributed by atoms with E-state index in [0.29, 0.717) is 22.7 Å². The van der Waals surface area contributed by atoms with Crippen LogP contribution >= 0.6 is 11.3 Å². The van der Waals surface area contributed by atoms with Crippen LogP contribution in [0.2, 0.25) is 0 Å². The van der Waals surface area contributed by atoms with Crippen molar-refractivity contribution >= 4 is 33.8 Å². The van der Waals surface area contributed by atoms with E-state index in [0.717, 1.165) is 5.69 Å². The van der Waals surface area contributed by atoms with Crippen molar-refractivity contribution in [2.75, 3.05) is 11.1 Å². The van der Waals surface area contributed by atoms with E-state index in [1.807, 2.05) is 12.1 Å². The zero-order chi connectivity index (χ0) is 15.0. The van der Waals surface area contributed by atoms with Crippen LogP contribution in [0.15, 0.2) is 38.9 Å². The Kier molecular flexibility index (Phi) is 3.47. The van der Waals surface area contributed by atoms with Crippen molar-refractivity contribution in [3.8, 4) is 0 Å². The van der Waals surface area contributed by atoms with Gasteiger partial charge in [0.15, 0.2) is 5.58 Å². The van der Waals surface area contributed by atoms with Gasteiger partial charge in [-0.1, -0.05) is 19.9 Å². The molecule has 0 radical (unpaired) electrons. The maximum Gasteiger partial charge on any atom is 0.417 e. The van der Waals surface area contributed by atoms with Crippen molar-refractivity contribution < 1.29 is 4.42 Å². The number of rotatable bonds is 4. The highest BCUT2D eigenvalue weighted by atomic mass is 32.1. The summed E-state index contributed by atoms with van der Waals surface area (Å²) >= 11 is 1.71. The van der Waals surface area contributed by atoms with Crippen molar-refractivity contribution in [1.82, 2.24) is 4.98 Å². The number of anilines is 2. The lowest BCUT2D eigenvalue weighted by atomic mass is 10.0. The van der Waals surface area contributed by atoms with Gasteiger partial charge >= 0.3 is 5.76 Å². The molecule has 2 aromatic heterocycles. The van der Waals surface area contributed by atoms with Crippen LogP contribution in [0.25, 0.3) is 11.1 Å². The minimum absolute atomic E-state index is 0.170. The molecule has 0 saturated heterocycles. The fourth-order valence-corrected chi connectivity index (χ4v) is 3.29. The summed E-state index contributed by atoms with van der Waals surface area (Å²) in [6, 6.07) is 7.80. The van der Waals surface area contributed by atoms with E-state index in [2.05, 4.69) is 35.6 Å². The molecule has 0 aliphatic heterocycles. The summed E-state index contributed by atoms with van der Waals surface area (Å²) in [7, 11) is 0. The third kappa shape index (κ3) is 2.67. The second kappa shape index (κ2) is 5.29. The van der Waals surface area contributed by atoms with E-state index in [1.54, 1.807) is 17.4 Å². The van der Waals surface area contributed by atoms with Gasteiger partial charge in [-0.2, -0.15) is 0 Å². The predicted molar refractivity (Wildman–Crippen MR) is 86.8 cm³/mol. The van der Waals surface area contributed by atoms with Gasteiger partial charge in [-0.3, -0.25) is 4.98 Å². The monoisotopic (exact) mass is 303 g/mol. The lowest BCUT2D eigenvalue weighted by Crippen LogP contribution is -2.16. The Hall–Kier alpha value is -2.21. The topological polar surface area (TPSA) is 84.0 Å². The van der Waals surface area contributed by atoms with Crippen LogP contribution in [-0.4, -0.2) is 4.98 Å². The van der Waals surface area contributed by atoms with Crippen molar-refractivity contribution in [3.63, 3.8) is 0 Å². The van der Waals surface area contributed by atoms with E-state index >= 15 is 0 Å². The molecule has 4 N–H and O–H groups in total. The van der Waals surface area contributed by atoms with E-state index in [9.17, 15) is 4.79 Å². The molecule has 6 heteroatoms. The number of H-pyrrole nitrogens is 1. The van der Waals surface area contributed by atoms with Crippen molar-refractivity contribution in [2.24, 2.45) is 5.92 Å². The normalized spacial score (nSPS) is 12.9. The lowest BCUT2D eigenvalue weighted by Gasteiger charge is -2.23. The van der Waals surface area contributed by atoms with Gasteiger partial charge in [0.2, 0.25) is 0 Å². The van der Waals surface area contributed by atoms with Crippen molar-refractivity contribution in [2.45, 2.75) is 19.9 Å². The molecule has 21 heavy (non-hydrogen) atoms. The number of oxazole rings is 1. The Balaban J connectivity index is 1.99. The standard InChI is InChI=1S/C15H17N3O2S/c1-8(2)14(13-4-3-5-21-13)17-10-7-11-12(6-9(10)16)20-15(19)18-11/h3-8,14,17H,16H2,1-2H3,(H,18,19). The van der Waals surface area contributed by atoms with Crippen LogP contribution in [0.5, 0.6) is 0 Å². The number of fused-ring (bicyclic) bond motifs is 1. The maximum absolute atomic E-state index is 11.2. The number of hydrogen-bond acceptors (Lipinski definition) is 5. The third-order valence-electron chi connectivity index (χ3n) is 3.42. The molecular formula is C15H17N3O2S. The summed E-state index contributed by atoms with van der Waals surface area (Å²) in [4.78, 5) is 15.1. The SMILES string of the molecule is CC(C)C(Nc1cc2[nH]c(=O)oc2cc1N)c1cccs1. The van der Waals surface area contributed by atoms with Crippen LogP contribution in [0.4, 0.5) is 11.4 Å². The highest BCUT2D eigenvalue weighted by molar-refractivity contribution is 7.10. The largest absolute Gasteiger partial charge is 0.417 e. The quantitative estimate of drug-likeness (QED) is 0.643. The summed E-state index contributed by atoms with van der Waals surface area (Å²) in [6.45, 7) is 4.32. The minimum atomic E-state index is -0.472. The third-order valence-corrected chi connectivity index (χ3v) is 4.37. The number of aromatic amines is 1. The Morgan fingerprint density at radius 1 is 1.38 bits per heavy atom. The molecule has 0 saturated carbocycles. The first-order chi connectivity index (χ1) is 10.0. The van der Waals surface area contributed by atoms with E-state index < -0.39 is 5.76 Å². The van der Waals surface area contributed by atoms with E-state index in [4.69, 9.17) is 10.2 Å². The number of nitrogens with one attached hydrogen (secondary N) is 2. The van der Waals surface area contributed by atoms with E-state index in [-0.39, 0.29) is 6.04 Å². The molecule has 0 amide bonds. The molecule has 0 bridgehead atoms. The Morgan fingerprint density at radius 2 is 2.19 bits per heavy atom. The molecule has 0 aliphatic carbocycles. The molecule has 2 heterocycles. The van der Waals surface area contributed by atoms with Gasteiger partial charge in [0.1, 0.15) is 0 Å². The van der Waals surface area contributed by atoms with Crippen molar-refractivity contribution in [3.05, 3.63) is 45.1 Å². The minimum Gasteiger partial charge on any atom is -0.408 e. The van der Waals surface area contributed by atoms with Gasteiger partial charge in [-0.25, -0.2) is 4.79 Å². The first-order valence-electron chi connectivity index (χ1n) is 6.77. The summed E-state index contributed by atoms with van der Waals surface area (Å²) in [5.41, 5.74) is 8.54. The molecule has 1 atom stereocenters. The Bertz CT molecular complexity index is 802. The predicted octanol–water partition coefficient (Wildman–Crippen LogP) is 3.57. The molecule has 3 rings (SSSR count). The van der Waals surface area contributed by atoms with Gasteiger partial charge in [-0.05, 0) is 23.4 Å². The number of aromatic nitrogens is 1. The number of hydrogen-bond donors (Lipinski definition) is 3. The summed E-state index contributed by atoms with van der Waals surface area (Å²) in [5.74, 6) is -0.0673. The average Bonchev–Trinajstić information content (AvgIpc) is 3.03. The van der Waals surface area contributed by atoms with E-state index in [1.165, 1.54) is 4.88 Å². The Morgan fingerprint density at radius 3 is 2.86 bits per heavy atom. The highest BCUT2D eigenvalue weighted by Crippen LogP contribution is 2.33. The molecular weight excluding hydrogens is 286 g/mol. The van der Waals surface area contributed by atoms with Crippen LogP contribution in [0.1, 0.15) is 24.8 Å². The average molecular weight is 303 g/mol. The summed E-state index contributed by atoms with van der Waals surface area (Å²) < 4.78 is 5.01. The van der Waals surface area contributed by atoms with Gasteiger partial charge in [0, 0.05) is 10.9 Å². The number of thiophene rings is 1.